The fraction of sp³-hybridized carbons (Fsp3) is 0.333. The zero-order chi connectivity index (χ0) is 20.3. The zero-order valence-electron chi connectivity index (χ0n) is 15.9. The third-order valence-electron chi connectivity index (χ3n) is 4.42. The van der Waals surface area contributed by atoms with Crippen molar-refractivity contribution in [2.75, 3.05) is 12.4 Å². The number of halogens is 1. The monoisotopic (exact) mass is 403 g/mol. The van der Waals surface area contributed by atoms with Crippen LogP contribution in [0.5, 0.6) is 11.5 Å². The average Bonchev–Trinajstić information content (AvgIpc) is 3.09. The number of anilines is 1. The Bertz CT molecular complexity index is 866. The number of nitrogens with one attached hydrogen (secondary N) is 1. The second-order valence-electron chi connectivity index (χ2n) is 6.88. The number of hydrogen-bond acceptors (Lipinski definition) is 5. The van der Waals surface area contributed by atoms with Gasteiger partial charge in [-0.15, -0.1) is 0 Å². The van der Waals surface area contributed by atoms with Crippen molar-refractivity contribution in [3.05, 3.63) is 53.1 Å². The Morgan fingerprint density at radius 1 is 1.18 bits per heavy atom. The van der Waals surface area contributed by atoms with Crippen LogP contribution in [0.1, 0.15) is 19.4 Å². The molecule has 0 unspecified atom stereocenters. The Morgan fingerprint density at radius 3 is 2.54 bits per heavy atom. The normalized spacial score (nSPS) is 16.1. The van der Waals surface area contributed by atoms with E-state index < -0.39 is 24.1 Å². The predicted octanol–water partition coefficient (Wildman–Crippen LogP) is 3.86. The second kappa shape index (κ2) is 8.52. The molecule has 1 aliphatic heterocycles. The van der Waals surface area contributed by atoms with Crippen LogP contribution in [0, 0.1) is 5.92 Å². The predicted molar refractivity (Wildman–Crippen MR) is 106 cm³/mol. The van der Waals surface area contributed by atoms with E-state index in [4.69, 9.17) is 25.8 Å². The molecule has 148 valence electrons. The lowest BCUT2D eigenvalue weighted by molar-refractivity contribution is -0.163. The number of hydrogen-bond donors (Lipinski definition) is 1. The number of carbonyl (C=O) groups excluding carboxylic acids is 2. The maximum atomic E-state index is 12.6. The minimum atomic E-state index is -0.939. The molecule has 1 heterocycles. The maximum Gasteiger partial charge on any atom is 0.348 e. The van der Waals surface area contributed by atoms with E-state index in [1.807, 2.05) is 13.8 Å². The van der Waals surface area contributed by atoms with Gasteiger partial charge in [0.05, 0.1) is 7.11 Å². The van der Waals surface area contributed by atoms with Crippen LogP contribution in [0.25, 0.3) is 0 Å². The summed E-state index contributed by atoms with van der Waals surface area (Å²) in [6.45, 7) is 3.63. The topological polar surface area (TPSA) is 73.9 Å². The third kappa shape index (κ3) is 4.57. The Morgan fingerprint density at radius 2 is 1.89 bits per heavy atom. The van der Waals surface area contributed by atoms with Crippen molar-refractivity contribution in [3.63, 3.8) is 0 Å². The Balaban J connectivity index is 1.63. The van der Waals surface area contributed by atoms with E-state index in [1.54, 1.807) is 49.6 Å². The fourth-order valence-electron chi connectivity index (χ4n) is 2.93. The lowest BCUT2D eigenvalue weighted by Gasteiger charge is -2.22. The van der Waals surface area contributed by atoms with E-state index in [1.165, 1.54) is 0 Å². The van der Waals surface area contributed by atoms with Gasteiger partial charge in [0, 0.05) is 17.1 Å². The summed E-state index contributed by atoms with van der Waals surface area (Å²) in [4.78, 5) is 25.2. The SMILES string of the molecule is COc1ccc(NC(=O)[C@@H](OC(=O)[C@H]2Cc3cc(Cl)ccc3O2)C(C)C)cc1. The van der Waals surface area contributed by atoms with Crippen molar-refractivity contribution in [2.24, 2.45) is 5.92 Å². The molecule has 2 aromatic carbocycles. The summed E-state index contributed by atoms with van der Waals surface area (Å²) in [6.07, 6.45) is -1.37. The lowest BCUT2D eigenvalue weighted by Crippen LogP contribution is -2.40. The molecule has 6 nitrogen and oxygen atoms in total. The van der Waals surface area contributed by atoms with E-state index in [2.05, 4.69) is 5.32 Å². The van der Waals surface area contributed by atoms with Crippen molar-refractivity contribution >= 4 is 29.2 Å². The number of esters is 1. The molecule has 0 spiro atoms. The molecular weight excluding hydrogens is 382 g/mol. The summed E-state index contributed by atoms with van der Waals surface area (Å²) >= 11 is 5.98. The zero-order valence-corrected chi connectivity index (χ0v) is 16.7. The molecule has 3 rings (SSSR count). The first-order valence-corrected chi connectivity index (χ1v) is 9.35. The Labute approximate surface area is 168 Å². The van der Waals surface area contributed by atoms with Gasteiger partial charge in [-0.3, -0.25) is 4.79 Å². The molecule has 1 amide bonds. The standard InChI is InChI=1S/C21H22ClNO5/c1-12(2)19(20(24)23-15-5-7-16(26-3)8-6-15)28-21(25)18-11-13-10-14(22)4-9-17(13)27-18/h4-10,12,18-19H,11H2,1-3H3,(H,23,24)/t18-,19+/m1/s1. The fourth-order valence-corrected chi connectivity index (χ4v) is 3.12. The molecule has 0 fully saturated rings. The van der Waals surface area contributed by atoms with Crippen LogP contribution in [0.3, 0.4) is 0 Å². The van der Waals surface area contributed by atoms with Gasteiger partial charge in [-0.25, -0.2) is 4.79 Å². The number of ether oxygens (including phenoxy) is 3. The van der Waals surface area contributed by atoms with Crippen LogP contribution in [0.15, 0.2) is 42.5 Å². The summed E-state index contributed by atoms with van der Waals surface area (Å²) in [7, 11) is 1.57. The summed E-state index contributed by atoms with van der Waals surface area (Å²) < 4.78 is 16.3. The number of rotatable bonds is 6. The van der Waals surface area contributed by atoms with Gasteiger partial charge in [0.15, 0.2) is 12.2 Å². The van der Waals surface area contributed by atoms with E-state index in [0.29, 0.717) is 28.6 Å². The van der Waals surface area contributed by atoms with Crippen LogP contribution in [-0.4, -0.2) is 31.2 Å². The van der Waals surface area contributed by atoms with Gasteiger partial charge in [0.1, 0.15) is 11.5 Å². The van der Waals surface area contributed by atoms with Gasteiger partial charge in [0.25, 0.3) is 5.91 Å². The van der Waals surface area contributed by atoms with Gasteiger partial charge in [-0.1, -0.05) is 25.4 Å². The number of fused-ring (bicyclic) bond motifs is 1. The quantitative estimate of drug-likeness (QED) is 0.741. The molecule has 2 aromatic rings. The number of amides is 1. The molecule has 1 N–H and O–H groups in total. The van der Waals surface area contributed by atoms with Gasteiger partial charge < -0.3 is 19.5 Å². The van der Waals surface area contributed by atoms with Crippen molar-refractivity contribution in [1.82, 2.24) is 0 Å². The van der Waals surface area contributed by atoms with Crippen LogP contribution in [0.4, 0.5) is 5.69 Å². The highest BCUT2D eigenvalue weighted by molar-refractivity contribution is 6.30. The van der Waals surface area contributed by atoms with Gasteiger partial charge in [0.2, 0.25) is 0 Å². The molecule has 0 aromatic heterocycles. The number of carbonyl (C=O) groups is 2. The molecular formula is C21H22ClNO5. The molecule has 0 bridgehead atoms. The molecule has 0 saturated carbocycles. The van der Waals surface area contributed by atoms with E-state index in [9.17, 15) is 9.59 Å². The minimum absolute atomic E-state index is 0.208. The highest BCUT2D eigenvalue weighted by Gasteiger charge is 2.35. The Kier molecular flexibility index (Phi) is 6.09. The minimum Gasteiger partial charge on any atom is -0.497 e. The van der Waals surface area contributed by atoms with Crippen LogP contribution in [0.2, 0.25) is 5.02 Å². The van der Waals surface area contributed by atoms with E-state index in [-0.39, 0.29) is 5.92 Å². The van der Waals surface area contributed by atoms with Crippen molar-refractivity contribution in [3.8, 4) is 11.5 Å². The van der Waals surface area contributed by atoms with Gasteiger partial charge in [-0.2, -0.15) is 0 Å². The average molecular weight is 404 g/mol. The molecule has 0 aliphatic carbocycles. The van der Waals surface area contributed by atoms with Gasteiger partial charge >= 0.3 is 5.97 Å². The first-order chi connectivity index (χ1) is 13.4. The largest absolute Gasteiger partial charge is 0.497 e. The van der Waals surface area contributed by atoms with Crippen LogP contribution >= 0.6 is 11.6 Å². The summed E-state index contributed by atoms with van der Waals surface area (Å²) in [5.41, 5.74) is 1.44. The van der Waals surface area contributed by atoms with Crippen LogP contribution in [-0.2, 0) is 20.7 Å². The number of benzene rings is 2. The maximum absolute atomic E-state index is 12.6. The molecule has 28 heavy (non-hydrogen) atoms. The number of methoxy groups -OCH3 is 1. The van der Waals surface area contributed by atoms with E-state index in [0.717, 1.165) is 5.56 Å². The van der Waals surface area contributed by atoms with Crippen molar-refractivity contribution in [2.45, 2.75) is 32.5 Å². The Hall–Kier alpha value is -2.73. The lowest BCUT2D eigenvalue weighted by atomic mass is 10.1. The summed E-state index contributed by atoms with van der Waals surface area (Å²) in [5.74, 6) is 0.112. The molecule has 7 heteroatoms. The molecule has 2 atom stereocenters. The third-order valence-corrected chi connectivity index (χ3v) is 4.66. The molecule has 1 aliphatic rings. The van der Waals surface area contributed by atoms with Gasteiger partial charge in [-0.05, 0) is 53.9 Å². The van der Waals surface area contributed by atoms with E-state index >= 15 is 0 Å². The molecule has 0 saturated heterocycles. The highest BCUT2D eigenvalue weighted by atomic mass is 35.5. The smallest absolute Gasteiger partial charge is 0.348 e. The van der Waals surface area contributed by atoms with Crippen molar-refractivity contribution < 1.29 is 23.8 Å². The summed E-state index contributed by atoms with van der Waals surface area (Å²) in [5, 5.41) is 3.34. The first-order valence-electron chi connectivity index (χ1n) is 8.98. The summed E-state index contributed by atoms with van der Waals surface area (Å²) in [6, 6.07) is 12.1. The second-order valence-corrected chi connectivity index (χ2v) is 7.32. The van der Waals surface area contributed by atoms with Crippen molar-refractivity contribution in [1.29, 1.82) is 0 Å². The molecule has 0 radical (unpaired) electrons. The first kappa shape index (κ1) is 20.0. The highest BCUT2D eigenvalue weighted by Crippen LogP contribution is 2.31. The van der Waals surface area contributed by atoms with Crippen LogP contribution < -0.4 is 14.8 Å².